The number of hydrogen-bond donors (Lipinski definition) is 1. The van der Waals surface area contributed by atoms with Crippen molar-refractivity contribution in [1.82, 2.24) is 24.6 Å². The fourth-order valence-electron chi connectivity index (χ4n) is 3.94. The van der Waals surface area contributed by atoms with E-state index in [0.717, 1.165) is 32.5 Å². The molecule has 1 fully saturated rings. The van der Waals surface area contributed by atoms with Crippen molar-refractivity contribution in [3.8, 4) is 0 Å². The summed E-state index contributed by atoms with van der Waals surface area (Å²) in [6, 6.07) is 12.7. The monoisotopic (exact) mass is 351 g/mol. The molecule has 0 radical (unpaired) electrons. The first kappa shape index (κ1) is 16.7. The van der Waals surface area contributed by atoms with Crippen LogP contribution in [0.5, 0.6) is 0 Å². The van der Waals surface area contributed by atoms with Crippen LogP contribution in [0.3, 0.4) is 0 Å². The highest BCUT2D eigenvalue weighted by Gasteiger charge is 2.28. The summed E-state index contributed by atoms with van der Waals surface area (Å²) < 4.78 is 4.17. The van der Waals surface area contributed by atoms with Gasteiger partial charge in [0.25, 0.3) is 0 Å². The first-order valence-corrected chi connectivity index (χ1v) is 9.29. The second-order valence-corrected chi connectivity index (χ2v) is 6.95. The molecule has 1 saturated heterocycles. The molecule has 0 unspecified atom stereocenters. The molecular formula is C20H25N5O. The van der Waals surface area contributed by atoms with E-state index in [1.54, 1.807) is 6.20 Å². The molecule has 4 rings (SSSR count). The van der Waals surface area contributed by atoms with Gasteiger partial charge in [0.1, 0.15) is 0 Å². The number of aromatic nitrogens is 3. The molecule has 1 aromatic carbocycles. The zero-order valence-electron chi connectivity index (χ0n) is 15.1. The molecule has 2 aromatic heterocycles. The minimum absolute atomic E-state index is 0.0359. The van der Waals surface area contributed by atoms with Crippen molar-refractivity contribution >= 4 is 16.9 Å². The number of likely N-dealkylation sites (tertiary alicyclic amines) is 1. The fourth-order valence-corrected chi connectivity index (χ4v) is 3.94. The van der Waals surface area contributed by atoms with Crippen LogP contribution in [0.2, 0.25) is 0 Å². The molecule has 0 bridgehead atoms. The van der Waals surface area contributed by atoms with Crippen molar-refractivity contribution in [1.29, 1.82) is 0 Å². The number of rotatable bonds is 5. The third kappa shape index (κ3) is 3.31. The number of benzene rings is 1. The molecule has 3 aromatic rings. The molecular weight excluding hydrogens is 326 g/mol. The molecule has 1 atom stereocenters. The quantitative estimate of drug-likeness (QED) is 0.768. The fraction of sp³-hybridized carbons (Fsp3) is 0.400. The Morgan fingerprint density at radius 1 is 1.31 bits per heavy atom. The van der Waals surface area contributed by atoms with Crippen LogP contribution in [-0.2, 0) is 13.1 Å². The zero-order chi connectivity index (χ0) is 17.9. The third-order valence-corrected chi connectivity index (χ3v) is 5.22. The summed E-state index contributed by atoms with van der Waals surface area (Å²) in [5, 5.41) is 8.61. The Kier molecular flexibility index (Phi) is 4.65. The summed E-state index contributed by atoms with van der Waals surface area (Å²) in [6.07, 6.45) is 5.83. The molecule has 3 heterocycles. The van der Waals surface area contributed by atoms with E-state index in [0.29, 0.717) is 6.54 Å². The number of fused-ring (bicyclic) bond motifs is 1. The maximum absolute atomic E-state index is 12.6. The predicted octanol–water partition coefficient (Wildman–Crippen LogP) is 3.02. The molecule has 26 heavy (non-hydrogen) atoms. The van der Waals surface area contributed by atoms with E-state index < -0.39 is 0 Å². The second kappa shape index (κ2) is 7.23. The SMILES string of the molecule is Cc1cc2ccccc2n1CCNC(=O)N1CCC[C@@H]1Cn1cccn1. The van der Waals surface area contributed by atoms with Gasteiger partial charge < -0.3 is 14.8 Å². The molecule has 1 aliphatic rings. The van der Waals surface area contributed by atoms with Crippen LogP contribution in [0, 0.1) is 6.92 Å². The standard InChI is InChI=1S/C20H25N5O/c1-16-14-17-6-2-3-8-19(17)24(16)13-10-21-20(26)25-12-4-7-18(25)15-23-11-5-9-22-23/h2-3,5-6,8-9,11,14,18H,4,7,10,12-13,15H2,1H3,(H,21,26)/t18-/m1/s1. The molecule has 1 N–H and O–H groups in total. The zero-order valence-corrected chi connectivity index (χ0v) is 15.1. The summed E-state index contributed by atoms with van der Waals surface area (Å²) in [5.41, 5.74) is 2.44. The largest absolute Gasteiger partial charge is 0.343 e. The number of carbonyl (C=O) groups excluding carboxylic acids is 1. The Bertz CT molecular complexity index is 883. The first-order chi connectivity index (χ1) is 12.7. The minimum atomic E-state index is 0.0359. The Labute approximate surface area is 153 Å². The maximum Gasteiger partial charge on any atom is 0.317 e. The van der Waals surface area contributed by atoms with Crippen molar-refractivity contribution in [2.24, 2.45) is 0 Å². The average Bonchev–Trinajstić information content (AvgIpc) is 3.36. The van der Waals surface area contributed by atoms with Gasteiger partial charge in [-0.15, -0.1) is 0 Å². The summed E-state index contributed by atoms with van der Waals surface area (Å²) in [5.74, 6) is 0. The highest BCUT2D eigenvalue weighted by Crippen LogP contribution is 2.20. The number of amides is 2. The Hall–Kier alpha value is -2.76. The van der Waals surface area contributed by atoms with E-state index in [1.165, 1.54) is 16.6 Å². The van der Waals surface area contributed by atoms with Crippen LogP contribution in [0.4, 0.5) is 4.79 Å². The molecule has 2 amide bonds. The lowest BCUT2D eigenvalue weighted by molar-refractivity contribution is 0.185. The van der Waals surface area contributed by atoms with Crippen LogP contribution < -0.4 is 5.32 Å². The van der Waals surface area contributed by atoms with Crippen molar-refractivity contribution in [3.63, 3.8) is 0 Å². The second-order valence-electron chi connectivity index (χ2n) is 6.95. The van der Waals surface area contributed by atoms with E-state index in [1.807, 2.05) is 21.8 Å². The molecule has 6 heteroatoms. The number of urea groups is 1. The number of nitrogens with zero attached hydrogens (tertiary/aromatic N) is 4. The Morgan fingerprint density at radius 3 is 3.04 bits per heavy atom. The number of aryl methyl sites for hydroxylation is 1. The summed E-state index contributed by atoms with van der Waals surface area (Å²) >= 11 is 0. The van der Waals surface area contributed by atoms with Gasteiger partial charge in [-0.25, -0.2) is 4.79 Å². The first-order valence-electron chi connectivity index (χ1n) is 9.29. The van der Waals surface area contributed by atoms with Crippen molar-refractivity contribution in [2.75, 3.05) is 13.1 Å². The summed E-state index contributed by atoms with van der Waals surface area (Å²) in [6.45, 7) is 5.11. The molecule has 0 spiro atoms. The van der Waals surface area contributed by atoms with Crippen LogP contribution in [0.15, 0.2) is 48.8 Å². The smallest absolute Gasteiger partial charge is 0.317 e. The van der Waals surface area contributed by atoms with Crippen LogP contribution >= 0.6 is 0 Å². The average molecular weight is 351 g/mol. The lowest BCUT2D eigenvalue weighted by atomic mass is 10.2. The van der Waals surface area contributed by atoms with Gasteiger partial charge >= 0.3 is 6.03 Å². The van der Waals surface area contributed by atoms with E-state index >= 15 is 0 Å². The third-order valence-electron chi connectivity index (χ3n) is 5.22. The van der Waals surface area contributed by atoms with Crippen LogP contribution in [-0.4, -0.2) is 44.4 Å². The molecule has 0 aliphatic carbocycles. The van der Waals surface area contributed by atoms with Gasteiger partial charge in [-0.05, 0) is 43.4 Å². The normalized spacial score (nSPS) is 17.1. The predicted molar refractivity (Wildman–Crippen MR) is 102 cm³/mol. The highest BCUT2D eigenvalue weighted by atomic mass is 16.2. The topological polar surface area (TPSA) is 55.1 Å². The van der Waals surface area contributed by atoms with Gasteiger partial charge in [0.15, 0.2) is 0 Å². The molecule has 1 aliphatic heterocycles. The van der Waals surface area contributed by atoms with Crippen molar-refractivity contribution < 1.29 is 4.79 Å². The molecule has 136 valence electrons. The van der Waals surface area contributed by atoms with E-state index in [9.17, 15) is 4.79 Å². The van der Waals surface area contributed by atoms with Crippen molar-refractivity contribution in [3.05, 3.63) is 54.5 Å². The van der Waals surface area contributed by atoms with Crippen LogP contribution in [0.25, 0.3) is 10.9 Å². The molecule has 0 saturated carbocycles. The Morgan fingerprint density at radius 2 is 2.19 bits per heavy atom. The van der Waals surface area contributed by atoms with Gasteiger partial charge in [0.2, 0.25) is 0 Å². The lowest BCUT2D eigenvalue weighted by Gasteiger charge is -2.25. The summed E-state index contributed by atoms with van der Waals surface area (Å²) in [7, 11) is 0. The molecule has 6 nitrogen and oxygen atoms in total. The highest BCUT2D eigenvalue weighted by molar-refractivity contribution is 5.81. The lowest BCUT2D eigenvalue weighted by Crippen LogP contribution is -2.45. The number of nitrogens with one attached hydrogen (secondary N) is 1. The maximum atomic E-state index is 12.6. The van der Waals surface area contributed by atoms with Gasteiger partial charge in [-0.1, -0.05) is 18.2 Å². The van der Waals surface area contributed by atoms with Gasteiger partial charge in [0.05, 0.1) is 12.6 Å². The van der Waals surface area contributed by atoms with Gasteiger partial charge in [-0.2, -0.15) is 5.10 Å². The van der Waals surface area contributed by atoms with Gasteiger partial charge in [0, 0.05) is 43.2 Å². The number of carbonyl (C=O) groups is 1. The Balaban J connectivity index is 1.35. The van der Waals surface area contributed by atoms with E-state index in [2.05, 4.69) is 52.2 Å². The minimum Gasteiger partial charge on any atom is -0.343 e. The van der Waals surface area contributed by atoms with Crippen LogP contribution in [0.1, 0.15) is 18.5 Å². The van der Waals surface area contributed by atoms with Gasteiger partial charge in [-0.3, -0.25) is 4.68 Å². The number of hydrogen-bond acceptors (Lipinski definition) is 2. The van der Waals surface area contributed by atoms with Crippen molar-refractivity contribution in [2.45, 2.75) is 38.9 Å². The van der Waals surface area contributed by atoms with E-state index in [4.69, 9.17) is 0 Å². The summed E-state index contributed by atoms with van der Waals surface area (Å²) in [4.78, 5) is 14.6. The van der Waals surface area contributed by atoms with E-state index in [-0.39, 0.29) is 12.1 Å². The number of para-hydroxylation sites is 1.